The first kappa shape index (κ1) is 20.6. The fraction of sp³-hybridized carbons (Fsp3) is 0.667. The van der Waals surface area contributed by atoms with Gasteiger partial charge in [0.25, 0.3) is 0 Å². The maximum absolute atomic E-state index is 9.78. The Morgan fingerprint density at radius 2 is 1.85 bits per heavy atom. The molecule has 26 heavy (non-hydrogen) atoms. The number of ether oxygens (including phenoxy) is 1. The number of hydrogen-bond acceptors (Lipinski definition) is 3. The van der Waals surface area contributed by atoms with E-state index >= 15 is 0 Å². The van der Waals surface area contributed by atoms with Crippen LogP contribution in [0.25, 0.3) is 0 Å². The molecule has 0 aliphatic carbocycles. The molecule has 5 nitrogen and oxygen atoms in total. The van der Waals surface area contributed by atoms with Gasteiger partial charge in [-0.05, 0) is 31.9 Å². The van der Waals surface area contributed by atoms with Crippen LogP contribution in [0.3, 0.4) is 0 Å². The molecule has 0 bridgehead atoms. The molecule has 5 heteroatoms. The van der Waals surface area contributed by atoms with Crippen LogP contribution >= 0.6 is 0 Å². The molecule has 1 aromatic rings. The summed E-state index contributed by atoms with van der Waals surface area (Å²) in [7, 11) is 0. The van der Waals surface area contributed by atoms with Crippen molar-refractivity contribution >= 4 is 5.96 Å². The van der Waals surface area contributed by atoms with Crippen molar-refractivity contribution in [3.05, 3.63) is 30.3 Å². The molecule has 1 aliphatic rings. The second-order valence-electron chi connectivity index (χ2n) is 7.15. The molecular weight excluding hydrogens is 326 g/mol. The van der Waals surface area contributed by atoms with Crippen LogP contribution in [0.1, 0.15) is 46.5 Å². The van der Waals surface area contributed by atoms with E-state index in [0.29, 0.717) is 6.54 Å². The topological polar surface area (TPSA) is 57.1 Å². The second kappa shape index (κ2) is 10.4. The van der Waals surface area contributed by atoms with Crippen LogP contribution in [0.4, 0.5) is 0 Å². The van der Waals surface area contributed by atoms with E-state index in [1.807, 2.05) is 30.3 Å². The van der Waals surface area contributed by atoms with E-state index in [0.717, 1.165) is 57.0 Å². The minimum absolute atomic E-state index is 0.102. The SMILES string of the molecule is CCNC(=NCC(CC)(CC)CO)N1CCC(Oc2ccccc2)CC1. The number of benzene rings is 1. The highest BCUT2D eigenvalue weighted by Crippen LogP contribution is 2.26. The van der Waals surface area contributed by atoms with E-state index in [1.165, 1.54) is 0 Å². The summed E-state index contributed by atoms with van der Waals surface area (Å²) in [5, 5.41) is 13.2. The first-order chi connectivity index (χ1) is 12.7. The first-order valence-corrected chi connectivity index (χ1v) is 10.0. The van der Waals surface area contributed by atoms with Crippen LogP contribution in [0.2, 0.25) is 0 Å². The Balaban J connectivity index is 1.93. The third-order valence-electron chi connectivity index (χ3n) is 5.52. The summed E-state index contributed by atoms with van der Waals surface area (Å²) in [6.45, 7) is 9.95. The highest BCUT2D eigenvalue weighted by atomic mass is 16.5. The monoisotopic (exact) mass is 361 g/mol. The Hall–Kier alpha value is -1.75. The number of piperidine rings is 1. The summed E-state index contributed by atoms with van der Waals surface area (Å²) >= 11 is 0. The van der Waals surface area contributed by atoms with Crippen LogP contribution in [0.15, 0.2) is 35.3 Å². The smallest absolute Gasteiger partial charge is 0.193 e. The van der Waals surface area contributed by atoms with E-state index < -0.39 is 0 Å². The van der Waals surface area contributed by atoms with Crippen molar-refractivity contribution in [2.24, 2.45) is 10.4 Å². The van der Waals surface area contributed by atoms with Crippen molar-refractivity contribution in [1.29, 1.82) is 0 Å². The van der Waals surface area contributed by atoms with E-state index in [1.54, 1.807) is 0 Å². The zero-order chi connectivity index (χ0) is 18.8. The highest BCUT2D eigenvalue weighted by Gasteiger charge is 2.27. The summed E-state index contributed by atoms with van der Waals surface area (Å²) in [6.07, 6.45) is 4.13. The van der Waals surface area contributed by atoms with Crippen molar-refractivity contribution in [3.63, 3.8) is 0 Å². The molecular formula is C21H35N3O2. The molecule has 2 rings (SSSR count). The van der Waals surface area contributed by atoms with E-state index in [2.05, 4.69) is 31.0 Å². The molecule has 0 saturated carbocycles. The van der Waals surface area contributed by atoms with Crippen LogP contribution in [-0.2, 0) is 0 Å². The molecule has 0 atom stereocenters. The fourth-order valence-electron chi connectivity index (χ4n) is 3.29. The van der Waals surface area contributed by atoms with E-state index in [-0.39, 0.29) is 18.1 Å². The Bertz CT molecular complexity index is 527. The fourth-order valence-corrected chi connectivity index (χ4v) is 3.29. The predicted octanol–water partition coefficient (Wildman–Crippen LogP) is 3.29. The quantitative estimate of drug-likeness (QED) is 0.551. The van der Waals surface area contributed by atoms with Crippen molar-refractivity contribution in [2.45, 2.75) is 52.6 Å². The van der Waals surface area contributed by atoms with Gasteiger partial charge < -0.3 is 20.1 Å². The minimum Gasteiger partial charge on any atom is -0.490 e. The van der Waals surface area contributed by atoms with Gasteiger partial charge in [0.1, 0.15) is 11.9 Å². The molecule has 2 N–H and O–H groups in total. The normalized spacial score (nSPS) is 16.6. The Morgan fingerprint density at radius 3 is 2.38 bits per heavy atom. The van der Waals surface area contributed by atoms with Crippen LogP contribution < -0.4 is 10.1 Å². The Morgan fingerprint density at radius 1 is 1.19 bits per heavy atom. The van der Waals surface area contributed by atoms with Crippen molar-refractivity contribution < 1.29 is 9.84 Å². The summed E-state index contributed by atoms with van der Waals surface area (Å²) in [6, 6.07) is 10.1. The average molecular weight is 362 g/mol. The van der Waals surface area contributed by atoms with Gasteiger partial charge in [-0.15, -0.1) is 0 Å². The lowest BCUT2D eigenvalue weighted by molar-refractivity contribution is 0.120. The summed E-state index contributed by atoms with van der Waals surface area (Å²) in [5.74, 6) is 1.91. The number of guanidine groups is 1. The Labute approximate surface area is 158 Å². The number of likely N-dealkylation sites (tertiary alicyclic amines) is 1. The molecule has 0 aromatic heterocycles. The lowest BCUT2D eigenvalue weighted by Crippen LogP contribution is -2.48. The summed E-state index contributed by atoms with van der Waals surface area (Å²) in [4.78, 5) is 7.18. The molecule has 1 saturated heterocycles. The van der Waals surface area contributed by atoms with E-state index in [4.69, 9.17) is 9.73 Å². The second-order valence-corrected chi connectivity index (χ2v) is 7.15. The zero-order valence-corrected chi connectivity index (χ0v) is 16.6. The molecule has 1 aliphatic heterocycles. The highest BCUT2D eigenvalue weighted by molar-refractivity contribution is 5.80. The molecule has 0 radical (unpaired) electrons. The number of aliphatic hydroxyl groups is 1. The van der Waals surface area contributed by atoms with Gasteiger partial charge in [0, 0.05) is 37.9 Å². The molecule has 0 amide bonds. The largest absolute Gasteiger partial charge is 0.490 e. The third-order valence-corrected chi connectivity index (χ3v) is 5.52. The third kappa shape index (κ3) is 5.63. The van der Waals surface area contributed by atoms with Crippen LogP contribution in [0.5, 0.6) is 5.75 Å². The van der Waals surface area contributed by atoms with Gasteiger partial charge in [0.2, 0.25) is 0 Å². The summed E-state index contributed by atoms with van der Waals surface area (Å²) in [5.41, 5.74) is -0.102. The first-order valence-electron chi connectivity index (χ1n) is 10.0. The molecule has 146 valence electrons. The lowest BCUT2D eigenvalue weighted by Gasteiger charge is -2.35. The maximum atomic E-state index is 9.78. The summed E-state index contributed by atoms with van der Waals surface area (Å²) < 4.78 is 6.09. The standard InChI is InChI=1S/C21H35N3O2/c1-4-21(5-2,17-25)16-23-20(22-6-3)24-14-12-19(13-15-24)26-18-10-8-7-9-11-18/h7-11,19,25H,4-6,12-17H2,1-3H3,(H,22,23). The van der Waals surface area contributed by atoms with Gasteiger partial charge in [0.05, 0.1) is 13.2 Å². The van der Waals surface area contributed by atoms with Crippen molar-refractivity contribution in [3.8, 4) is 5.75 Å². The number of para-hydroxylation sites is 1. The number of hydrogen-bond donors (Lipinski definition) is 2. The van der Waals surface area contributed by atoms with Gasteiger partial charge in [-0.25, -0.2) is 0 Å². The molecule has 1 aromatic carbocycles. The molecule has 0 unspecified atom stereocenters. The zero-order valence-electron chi connectivity index (χ0n) is 16.6. The predicted molar refractivity (Wildman–Crippen MR) is 108 cm³/mol. The molecule has 0 spiro atoms. The lowest BCUT2D eigenvalue weighted by atomic mass is 9.83. The van der Waals surface area contributed by atoms with Gasteiger partial charge in [-0.2, -0.15) is 0 Å². The maximum Gasteiger partial charge on any atom is 0.193 e. The van der Waals surface area contributed by atoms with Gasteiger partial charge >= 0.3 is 0 Å². The number of nitrogens with one attached hydrogen (secondary N) is 1. The van der Waals surface area contributed by atoms with E-state index in [9.17, 15) is 5.11 Å². The number of aliphatic hydroxyl groups excluding tert-OH is 1. The van der Waals surface area contributed by atoms with Gasteiger partial charge in [-0.1, -0.05) is 32.0 Å². The Kier molecular flexibility index (Phi) is 8.23. The van der Waals surface area contributed by atoms with Gasteiger partial charge in [-0.3, -0.25) is 4.99 Å². The molecule has 1 heterocycles. The number of nitrogens with zero attached hydrogens (tertiary/aromatic N) is 2. The number of aliphatic imine (C=N–C) groups is 1. The molecule has 1 fully saturated rings. The van der Waals surface area contributed by atoms with Crippen molar-refractivity contribution in [2.75, 3.05) is 32.8 Å². The van der Waals surface area contributed by atoms with Crippen LogP contribution in [0, 0.1) is 5.41 Å². The van der Waals surface area contributed by atoms with Crippen LogP contribution in [-0.4, -0.2) is 54.9 Å². The minimum atomic E-state index is -0.102. The average Bonchev–Trinajstić information content (AvgIpc) is 2.70. The van der Waals surface area contributed by atoms with Crippen molar-refractivity contribution in [1.82, 2.24) is 10.2 Å². The number of rotatable bonds is 8. The van der Waals surface area contributed by atoms with Gasteiger partial charge in [0.15, 0.2) is 5.96 Å².